The largest absolute Gasteiger partial charge is 0.468 e. The van der Waals surface area contributed by atoms with Crippen molar-refractivity contribution in [3.63, 3.8) is 0 Å². The van der Waals surface area contributed by atoms with Gasteiger partial charge in [-0.25, -0.2) is 0 Å². The van der Waals surface area contributed by atoms with E-state index in [0.717, 1.165) is 5.56 Å². The molecule has 1 atom stereocenters. The van der Waals surface area contributed by atoms with Crippen molar-refractivity contribution in [1.82, 2.24) is 0 Å². The molecule has 1 unspecified atom stereocenters. The van der Waals surface area contributed by atoms with Crippen LogP contribution in [0.1, 0.15) is 24.2 Å². The van der Waals surface area contributed by atoms with Gasteiger partial charge in [0, 0.05) is 0 Å². The van der Waals surface area contributed by atoms with Gasteiger partial charge in [-0.05, 0) is 19.4 Å². The summed E-state index contributed by atoms with van der Waals surface area (Å²) in [5.41, 5.74) is -0.326. The second-order valence-electron chi connectivity index (χ2n) is 4.25. The van der Waals surface area contributed by atoms with Gasteiger partial charge in [-0.3, -0.25) is 9.59 Å². The van der Waals surface area contributed by atoms with E-state index in [0.29, 0.717) is 0 Å². The second-order valence-corrected chi connectivity index (χ2v) is 5.17. The van der Waals surface area contributed by atoms with Gasteiger partial charge in [-0.15, -0.1) is 0 Å². The fraction of sp³-hybridized carbons (Fsp3) is 0.385. The lowest BCUT2D eigenvalue weighted by atomic mass is 9.85. The molecule has 3 nitrogen and oxygen atoms in total. The van der Waals surface area contributed by atoms with E-state index < -0.39 is 16.2 Å². The second kappa shape index (κ2) is 5.45. The molecule has 0 aliphatic heterocycles. The maximum absolute atomic E-state index is 12.2. The third-order valence-electron chi connectivity index (χ3n) is 2.63. The monoisotopic (exact) mass is 298 g/mol. The fourth-order valence-electron chi connectivity index (χ4n) is 1.45. The number of benzene rings is 1. The SMILES string of the molecule is COC(=O)C(C)(C)C(=O)C(Br)c1ccccc1. The Bertz CT molecular complexity index is 412. The average Bonchev–Trinajstić information content (AvgIpc) is 2.36. The third-order valence-corrected chi connectivity index (χ3v) is 3.58. The van der Waals surface area contributed by atoms with Crippen LogP contribution < -0.4 is 0 Å². The summed E-state index contributed by atoms with van der Waals surface area (Å²) in [6, 6.07) is 9.25. The summed E-state index contributed by atoms with van der Waals surface area (Å²) in [5, 5.41) is 0. The molecule has 0 spiro atoms. The van der Waals surface area contributed by atoms with E-state index in [9.17, 15) is 9.59 Å². The number of Topliss-reactive ketones (excluding diaryl/α,β-unsaturated/α-hetero) is 1. The van der Waals surface area contributed by atoms with Crippen LogP contribution in [0.5, 0.6) is 0 Å². The van der Waals surface area contributed by atoms with E-state index in [1.807, 2.05) is 30.3 Å². The van der Waals surface area contributed by atoms with Gasteiger partial charge in [0.1, 0.15) is 5.41 Å². The van der Waals surface area contributed by atoms with Gasteiger partial charge in [0.15, 0.2) is 5.78 Å². The molecule has 0 aliphatic rings. The van der Waals surface area contributed by atoms with Crippen LogP contribution in [-0.2, 0) is 14.3 Å². The van der Waals surface area contributed by atoms with E-state index in [-0.39, 0.29) is 5.78 Å². The number of carbonyl (C=O) groups is 2. The van der Waals surface area contributed by atoms with E-state index in [1.54, 1.807) is 13.8 Å². The van der Waals surface area contributed by atoms with E-state index in [2.05, 4.69) is 20.7 Å². The minimum atomic E-state index is -1.15. The van der Waals surface area contributed by atoms with Crippen molar-refractivity contribution in [3.8, 4) is 0 Å². The normalized spacial score (nSPS) is 12.9. The zero-order valence-electron chi connectivity index (χ0n) is 10.1. The summed E-state index contributed by atoms with van der Waals surface area (Å²) in [4.78, 5) is 23.3. The van der Waals surface area contributed by atoms with Crippen LogP contribution in [0.25, 0.3) is 0 Å². The first kappa shape index (κ1) is 13.9. The van der Waals surface area contributed by atoms with E-state index >= 15 is 0 Å². The van der Waals surface area contributed by atoms with Crippen molar-refractivity contribution < 1.29 is 14.3 Å². The van der Waals surface area contributed by atoms with Crippen molar-refractivity contribution in [2.45, 2.75) is 18.7 Å². The van der Waals surface area contributed by atoms with Crippen molar-refractivity contribution in [2.24, 2.45) is 5.41 Å². The maximum Gasteiger partial charge on any atom is 0.318 e. The Morgan fingerprint density at radius 1 is 1.24 bits per heavy atom. The number of methoxy groups -OCH3 is 1. The molecular weight excluding hydrogens is 284 g/mol. The first-order valence-corrected chi connectivity index (χ1v) is 6.14. The van der Waals surface area contributed by atoms with Crippen molar-refractivity contribution in [2.75, 3.05) is 7.11 Å². The number of ketones is 1. The molecular formula is C13H15BrO3. The van der Waals surface area contributed by atoms with Crippen LogP contribution in [0, 0.1) is 5.41 Å². The summed E-state index contributed by atoms with van der Waals surface area (Å²) in [6.45, 7) is 3.14. The van der Waals surface area contributed by atoms with Gasteiger partial charge in [0.05, 0.1) is 11.9 Å². The topological polar surface area (TPSA) is 43.4 Å². The minimum Gasteiger partial charge on any atom is -0.468 e. The summed E-state index contributed by atoms with van der Waals surface area (Å²) in [5.74, 6) is -0.738. The molecule has 0 aromatic heterocycles. The maximum atomic E-state index is 12.2. The molecule has 0 saturated heterocycles. The number of alkyl halides is 1. The van der Waals surface area contributed by atoms with Crippen molar-refractivity contribution in [1.29, 1.82) is 0 Å². The Labute approximate surface area is 109 Å². The van der Waals surface area contributed by atoms with Crippen LogP contribution in [-0.4, -0.2) is 18.9 Å². The molecule has 0 heterocycles. The molecule has 92 valence electrons. The molecule has 0 radical (unpaired) electrons. The zero-order valence-corrected chi connectivity index (χ0v) is 11.7. The Kier molecular flexibility index (Phi) is 4.46. The summed E-state index contributed by atoms with van der Waals surface area (Å²) in [6.07, 6.45) is 0. The highest BCUT2D eigenvalue weighted by Crippen LogP contribution is 2.33. The predicted octanol–water partition coefficient (Wildman–Crippen LogP) is 2.89. The third kappa shape index (κ3) is 2.94. The highest BCUT2D eigenvalue weighted by Gasteiger charge is 2.40. The van der Waals surface area contributed by atoms with E-state index in [1.165, 1.54) is 7.11 Å². The molecule has 0 saturated carbocycles. The van der Waals surface area contributed by atoms with Gasteiger partial charge in [-0.1, -0.05) is 46.3 Å². The molecule has 0 N–H and O–H groups in total. The first-order valence-electron chi connectivity index (χ1n) is 5.23. The highest BCUT2D eigenvalue weighted by molar-refractivity contribution is 9.09. The molecule has 1 aromatic rings. The van der Waals surface area contributed by atoms with Crippen molar-refractivity contribution in [3.05, 3.63) is 35.9 Å². The Hall–Kier alpha value is -1.16. The van der Waals surface area contributed by atoms with Gasteiger partial charge in [-0.2, -0.15) is 0 Å². The molecule has 4 heteroatoms. The molecule has 0 bridgehead atoms. The van der Waals surface area contributed by atoms with E-state index in [4.69, 9.17) is 0 Å². The van der Waals surface area contributed by atoms with Crippen LogP contribution in [0.4, 0.5) is 0 Å². The number of carbonyl (C=O) groups excluding carboxylic acids is 2. The highest BCUT2D eigenvalue weighted by atomic mass is 79.9. The number of esters is 1. The smallest absolute Gasteiger partial charge is 0.318 e. The lowest BCUT2D eigenvalue weighted by Gasteiger charge is -2.23. The molecule has 17 heavy (non-hydrogen) atoms. The van der Waals surface area contributed by atoms with Crippen molar-refractivity contribution >= 4 is 27.7 Å². The molecule has 1 rings (SSSR count). The molecule has 1 aromatic carbocycles. The predicted molar refractivity (Wildman–Crippen MR) is 68.9 cm³/mol. The molecule has 0 aliphatic carbocycles. The van der Waals surface area contributed by atoms with Crippen LogP contribution in [0.2, 0.25) is 0 Å². The standard InChI is InChI=1S/C13H15BrO3/c1-13(2,12(16)17-3)11(15)10(14)9-7-5-4-6-8-9/h4-8,10H,1-3H3. The number of halogens is 1. The minimum absolute atomic E-state index is 0.212. The quantitative estimate of drug-likeness (QED) is 0.488. The van der Waals surface area contributed by atoms with Crippen LogP contribution in [0.3, 0.4) is 0 Å². The summed E-state index contributed by atoms with van der Waals surface area (Å²) in [7, 11) is 1.28. The summed E-state index contributed by atoms with van der Waals surface area (Å²) >= 11 is 3.33. The van der Waals surface area contributed by atoms with Crippen LogP contribution in [0.15, 0.2) is 30.3 Å². The summed E-state index contributed by atoms with van der Waals surface area (Å²) < 4.78 is 4.64. The zero-order chi connectivity index (χ0) is 13.1. The average molecular weight is 299 g/mol. The lowest BCUT2D eigenvalue weighted by Crippen LogP contribution is -2.36. The molecule has 0 fully saturated rings. The Balaban J connectivity index is 2.95. The fourth-order valence-corrected chi connectivity index (χ4v) is 2.32. The Morgan fingerprint density at radius 2 is 1.76 bits per heavy atom. The van der Waals surface area contributed by atoms with Gasteiger partial charge < -0.3 is 4.74 Å². The number of hydrogen-bond donors (Lipinski definition) is 0. The van der Waals surface area contributed by atoms with Gasteiger partial charge in [0.25, 0.3) is 0 Å². The van der Waals surface area contributed by atoms with Gasteiger partial charge in [0.2, 0.25) is 0 Å². The van der Waals surface area contributed by atoms with Crippen LogP contribution >= 0.6 is 15.9 Å². The lowest BCUT2D eigenvalue weighted by molar-refractivity contribution is -0.155. The first-order chi connectivity index (χ1) is 7.91. The Morgan fingerprint density at radius 3 is 2.24 bits per heavy atom. The van der Waals surface area contributed by atoms with Gasteiger partial charge >= 0.3 is 5.97 Å². The number of rotatable bonds is 4. The number of ether oxygens (including phenoxy) is 1. The molecule has 0 amide bonds. The number of hydrogen-bond acceptors (Lipinski definition) is 3.